The average molecular weight is 236 g/mol. The zero-order valence-corrected chi connectivity index (χ0v) is 8.54. The Morgan fingerprint density at radius 1 is 1.27 bits per heavy atom. The van der Waals surface area contributed by atoms with Crippen molar-refractivity contribution in [1.29, 1.82) is 0 Å². The lowest BCUT2D eigenvalue weighted by Crippen LogP contribution is -2.24. The maximum Gasteiger partial charge on any atom is 0.416 e. The molecule has 0 unspecified atom stereocenters. The van der Waals surface area contributed by atoms with Gasteiger partial charge < -0.3 is 5.32 Å². The Morgan fingerprint density at radius 2 is 2.00 bits per heavy atom. The Hall–Kier alpha value is -0.740. The summed E-state index contributed by atoms with van der Waals surface area (Å²) in [6.45, 7) is 1.25. The standard InChI is InChI=1S/C10H9ClF3N/c11-9-4-7(10(12,13)14)3-6-1-2-15-5-8(6)9/h3-4,15H,1-2,5H2. The monoisotopic (exact) mass is 235 g/mol. The second-order valence-corrected chi connectivity index (χ2v) is 3.93. The first-order valence-electron chi connectivity index (χ1n) is 4.57. The maximum atomic E-state index is 12.5. The van der Waals surface area contributed by atoms with Crippen molar-refractivity contribution >= 4 is 11.6 Å². The van der Waals surface area contributed by atoms with E-state index in [0.29, 0.717) is 25.1 Å². The number of hydrogen-bond acceptors (Lipinski definition) is 1. The zero-order chi connectivity index (χ0) is 11.1. The van der Waals surface area contributed by atoms with Crippen LogP contribution in [0.15, 0.2) is 12.1 Å². The predicted octanol–water partition coefficient (Wildman–Crippen LogP) is 3.00. The summed E-state index contributed by atoms with van der Waals surface area (Å²) in [6, 6.07) is 2.19. The molecule has 1 aromatic carbocycles. The van der Waals surface area contributed by atoms with Crippen molar-refractivity contribution in [2.75, 3.05) is 6.54 Å². The van der Waals surface area contributed by atoms with Crippen LogP contribution in [0.1, 0.15) is 16.7 Å². The number of fused-ring (bicyclic) bond motifs is 1. The van der Waals surface area contributed by atoms with Gasteiger partial charge >= 0.3 is 6.18 Å². The molecule has 1 aliphatic rings. The molecule has 2 rings (SSSR count). The van der Waals surface area contributed by atoms with Gasteiger partial charge in [-0.25, -0.2) is 0 Å². The molecule has 0 aromatic heterocycles. The molecule has 15 heavy (non-hydrogen) atoms. The van der Waals surface area contributed by atoms with Crippen LogP contribution in [0.2, 0.25) is 5.02 Å². The van der Waals surface area contributed by atoms with E-state index in [1.165, 1.54) is 6.07 Å². The second kappa shape index (κ2) is 3.68. The maximum absolute atomic E-state index is 12.5. The SMILES string of the molecule is FC(F)(F)c1cc(Cl)c2c(c1)CCNC2. The van der Waals surface area contributed by atoms with Gasteiger partial charge in [0, 0.05) is 11.6 Å². The van der Waals surface area contributed by atoms with Crippen molar-refractivity contribution in [2.24, 2.45) is 0 Å². The molecule has 0 bridgehead atoms. The summed E-state index contributed by atoms with van der Waals surface area (Å²) in [5.41, 5.74) is 0.831. The number of hydrogen-bond donors (Lipinski definition) is 1. The molecule has 1 heterocycles. The topological polar surface area (TPSA) is 12.0 Å². The largest absolute Gasteiger partial charge is 0.416 e. The molecule has 1 aliphatic heterocycles. The van der Waals surface area contributed by atoms with Crippen LogP contribution >= 0.6 is 11.6 Å². The molecule has 0 aliphatic carbocycles. The number of benzene rings is 1. The van der Waals surface area contributed by atoms with Gasteiger partial charge in [0.1, 0.15) is 0 Å². The van der Waals surface area contributed by atoms with Crippen LogP contribution in [0.5, 0.6) is 0 Å². The van der Waals surface area contributed by atoms with E-state index in [-0.39, 0.29) is 5.02 Å². The van der Waals surface area contributed by atoms with Gasteiger partial charge in [0.25, 0.3) is 0 Å². The lowest BCUT2D eigenvalue weighted by atomic mass is 9.98. The zero-order valence-electron chi connectivity index (χ0n) is 7.79. The quantitative estimate of drug-likeness (QED) is 0.729. The molecule has 1 nitrogen and oxygen atoms in total. The van der Waals surface area contributed by atoms with Crippen LogP contribution in [0, 0.1) is 0 Å². The van der Waals surface area contributed by atoms with Gasteiger partial charge in [-0.15, -0.1) is 0 Å². The third-order valence-corrected chi connectivity index (χ3v) is 2.83. The van der Waals surface area contributed by atoms with Gasteiger partial charge in [-0.2, -0.15) is 13.2 Å². The molecule has 1 N–H and O–H groups in total. The molecular weight excluding hydrogens is 227 g/mol. The first kappa shape index (κ1) is 10.8. The molecule has 0 atom stereocenters. The molecule has 5 heteroatoms. The minimum absolute atomic E-state index is 0.201. The van der Waals surface area contributed by atoms with Crippen LogP contribution in [-0.2, 0) is 19.1 Å². The van der Waals surface area contributed by atoms with Gasteiger partial charge in [0.15, 0.2) is 0 Å². The molecular formula is C10H9ClF3N. The van der Waals surface area contributed by atoms with E-state index in [9.17, 15) is 13.2 Å². The first-order chi connectivity index (χ1) is 6.98. The Morgan fingerprint density at radius 3 is 2.67 bits per heavy atom. The predicted molar refractivity (Wildman–Crippen MR) is 51.9 cm³/mol. The number of alkyl halides is 3. The average Bonchev–Trinajstić information content (AvgIpc) is 2.16. The normalized spacial score (nSPS) is 16.3. The van der Waals surface area contributed by atoms with Crippen molar-refractivity contribution in [3.05, 3.63) is 33.8 Å². The van der Waals surface area contributed by atoms with Crippen LogP contribution < -0.4 is 5.32 Å². The van der Waals surface area contributed by atoms with E-state index >= 15 is 0 Å². The van der Waals surface area contributed by atoms with Gasteiger partial charge in [0.05, 0.1) is 5.56 Å². The lowest BCUT2D eigenvalue weighted by Gasteiger charge is -2.20. The highest BCUT2D eigenvalue weighted by molar-refractivity contribution is 6.31. The van der Waals surface area contributed by atoms with E-state index in [4.69, 9.17) is 11.6 Å². The molecule has 0 saturated heterocycles. The smallest absolute Gasteiger partial charge is 0.312 e. The third-order valence-electron chi connectivity index (χ3n) is 2.49. The van der Waals surface area contributed by atoms with E-state index in [1.54, 1.807) is 0 Å². The fourth-order valence-corrected chi connectivity index (χ4v) is 2.02. The highest BCUT2D eigenvalue weighted by atomic mass is 35.5. The summed E-state index contributed by atoms with van der Waals surface area (Å²) in [4.78, 5) is 0. The first-order valence-corrected chi connectivity index (χ1v) is 4.95. The molecule has 0 spiro atoms. The Labute approximate surface area is 90.2 Å². The van der Waals surface area contributed by atoms with Crippen molar-refractivity contribution in [3.8, 4) is 0 Å². The van der Waals surface area contributed by atoms with Crippen LogP contribution in [0.3, 0.4) is 0 Å². The fourth-order valence-electron chi connectivity index (χ4n) is 1.71. The van der Waals surface area contributed by atoms with E-state index in [0.717, 1.165) is 11.6 Å². The van der Waals surface area contributed by atoms with Crippen LogP contribution in [0.25, 0.3) is 0 Å². The molecule has 0 fully saturated rings. The molecule has 1 aromatic rings. The van der Waals surface area contributed by atoms with Crippen LogP contribution in [-0.4, -0.2) is 6.54 Å². The van der Waals surface area contributed by atoms with Gasteiger partial charge in [-0.1, -0.05) is 11.6 Å². The minimum Gasteiger partial charge on any atom is -0.312 e. The minimum atomic E-state index is -4.32. The number of nitrogens with one attached hydrogen (secondary N) is 1. The Balaban J connectivity index is 2.50. The summed E-state index contributed by atoms with van der Waals surface area (Å²) in [6.07, 6.45) is -3.72. The van der Waals surface area contributed by atoms with E-state index in [1.807, 2.05) is 0 Å². The Bertz CT molecular complexity index is 387. The van der Waals surface area contributed by atoms with Crippen LogP contribution in [0.4, 0.5) is 13.2 Å². The van der Waals surface area contributed by atoms with Crippen molar-refractivity contribution in [2.45, 2.75) is 19.1 Å². The van der Waals surface area contributed by atoms with E-state index < -0.39 is 11.7 Å². The van der Waals surface area contributed by atoms with Crippen molar-refractivity contribution in [1.82, 2.24) is 5.32 Å². The lowest BCUT2D eigenvalue weighted by molar-refractivity contribution is -0.137. The van der Waals surface area contributed by atoms with Gasteiger partial charge in [-0.3, -0.25) is 0 Å². The summed E-state index contributed by atoms with van der Waals surface area (Å²) < 4.78 is 37.4. The number of rotatable bonds is 0. The molecule has 82 valence electrons. The fraction of sp³-hybridized carbons (Fsp3) is 0.400. The highest BCUT2D eigenvalue weighted by Gasteiger charge is 2.32. The highest BCUT2D eigenvalue weighted by Crippen LogP contribution is 2.34. The molecule has 0 saturated carbocycles. The third kappa shape index (κ3) is 2.11. The summed E-state index contributed by atoms with van der Waals surface area (Å²) in [7, 11) is 0. The molecule has 0 radical (unpaired) electrons. The van der Waals surface area contributed by atoms with Crippen molar-refractivity contribution < 1.29 is 13.2 Å². The summed E-state index contributed by atoms with van der Waals surface area (Å²) in [5.74, 6) is 0. The second-order valence-electron chi connectivity index (χ2n) is 3.52. The number of halogens is 4. The summed E-state index contributed by atoms with van der Waals surface area (Å²) >= 11 is 5.81. The molecule has 0 amide bonds. The van der Waals surface area contributed by atoms with Crippen molar-refractivity contribution in [3.63, 3.8) is 0 Å². The Kier molecular flexibility index (Phi) is 2.64. The van der Waals surface area contributed by atoms with Gasteiger partial charge in [-0.05, 0) is 36.2 Å². The van der Waals surface area contributed by atoms with Gasteiger partial charge in [0.2, 0.25) is 0 Å². The van der Waals surface area contributed by atoms with E-state index in [2.05, 4.69) is 5.32 Å². The summed E-state index contributed by atoms with van der Waals surface area (Å²) in [5, 5.41) is 3.28.